The summed E-state index contributed by atoms with van der Waals surface area (Å²) in [5.41, 5.74) is 0.449. The van der Waals surface area contributed by atoms with Crippen molar-refractivity contribution in [2.75, 3.05) is 0 Å². The second kappa shape index (κ2) is 8.66. The molecule has 0 bridgehead atoms. The van der Waals surface area contributed by atoms with Crippen LogP contribution in [0, 0.1) is 0 Å². The van der Waals surface area contributed by atoms with Gasteiger partial charge in [0.1, 0.15) is 5.69 Å². The third kappa shape index (κ3) is 3.84. The van der Waals surface area contributed by atoms with Crippen molar-refractivity contribution in [3.8, 4) is 22.3 Å². The maximum absolute atomic E-state index is 13.5. The van der Waals surface area contributed by atoms with Gasteiger partial charge in [-0.3, -0.25) is 9.97 Å². The number of nitrogens with zero attached hydrogens (tertiary/aromatic N) is 7. The van der Waals surface area contributed by atoms with E-state index in [0.29, 0.717) is 32.8 Å². The lowest BCUT2D eigenvalue weighted by atomic mass is 9.97. The largest absolute Gasteiger partial charge is 0.433 e. The molecule has 0 aliphatic rings. The average Bonchev–Trinajstić information content (AvgIpc) is 3.43. The normalized spacial score (nSPS) is 12.0. The van der Waals surface area contributed by atoms with Gasteiger partial charge in [0, 0.05) is 34.7 Å². The number of rotatable bonds is 4. The van der Waals surface area contributed by atoms with Crippen LogP contribution in [0.4, 0.5) is 13.2 Å². The van der Waals surface area contributed by atoms with Gasteiger partial charge in [-0.25, -0.2) is 19.4 Å². The molecule has 0 unspecified atom stereocenters. The second-order valence-electron chi connectivity index (χ2n) is 8.28. The van der Waals surface area contributed by atoms with Crippen LogP contribution in [0.15, 0.2) is 76.7 Å². The lowest BCUT2D eigenvalue weighted by Gasteiger charge is -2.12. The van der Waals surface area contributed by atoms with Crippen molar-refractivity contribution < 1.29 is 13.2 Å². The van der Waals surface area contributed by atoms with Gasteiger partial charge in [-0.2, -0.15) is 27.3 Å². The summed E-state index contributed by atoms with van der Waals surface area (Å²) in [6.07, 6.45) is -0.422. The summed E-state index contributed by atoms with van der Waals surface area (Å²) < 4.78 is 42.0. The lowest BCUT2D eigenvalue weighted by molar-refractivity contribution is -0.141. The Kier molecular flexibility index (Phi) is 5.38. The molecule has 6 rings (SSSR count). The zero-order chi connectivity index (χ0) is 26.6. The SMILES string of the molecule is O=c1[nH]nc2c(-c3ccc(Cl)cc3)c(-c3ccncc3)c3nn(Cc4ccc(C(F)(F)F)nc4)c(=O)n3n12. The van der Waals surface area contributed by atoms with E-state index in [1.54, 1.807) is 48.8 Å². The molecule has 38 heavy (non-hydrogen) atoms. The first-order chi connectivity index (χ1) is 18.2. The Labute approximate surface area is 214 Å². The number of aromatic nitrogens is 8. The summed E-state index contributed by atoms with van der Waals surface area (Å²) in [4.78, 5) is 33.9. The number of pyridine rings is 2. The summed E-state index contributed by atoms with van der Waals surface area (Å²) in [5, 5.41) is 11.6. The third-order valence-corrected chi connectivity index (χ3v) is 6.17. The van der Waals surface area contributed by atoms with Gasteiger partial charge in [-0.1, -0.05) is 29.8 Å². The topological polar surface area (TPSA) is 115 Å². The molecule has 1 aromatic carbocycles. The lowest BCUT2D eigenvalue weighted by Crippen LogP contribution is -2.28. The van der Waals surface area contributed by atoms with E-state index in [1.165, 1.54) is 6.07 Å². The highest BCUT2D eigenvalue weighted by Gasteiger charge is 2.32. The van der Waals surface area contributed by atoms with Crippen LogP contribution < -0.4 is 11.4 Å². The van der Waals surface area contributed by atoms with Gasteiger partial charge >= 0.3 is 17.6 Å². The Morgan fingerprint density at radius 3 is 2.21 bits per heavy atom. The molecule has 190 valence electrons. The maximum atomic E-state index is 13.5. The Morgan fingerprint density at radius 1 is 0.868 bits per heavy atom. The summed E-state index contributed by atoms with van der Waals surface area (Å²) in [6.45, 7) is -0.189. The molecule has 6 aromatic rings. The van der Waals surface area contributed by atoms with Crippen LogP contribution in [-0.4, -0.2) is 39.0 Å². The van der Waals surface area contributed by atoms with Crippen molar-refractivity contribution in [1.29, 1.82) is 0 Å². The molecular weight excluding hydrogens is 525 g/mol. The number of H-pyrrole nitrogens is 1. The Morgan fingerprint density at radius 2 is 1.55 bits per heavy atom. The summed E-state index contributed by atoms with van der Waals surface area (Å²) in [6, 6.07) is 12.4. The molecule has 10 nitrogen and oxygen atoms in total. The van der Waals surface area contributed by atoms with Gasteiger partial charge in [0.2, 0.25) is 0 Å². The number of alkyl halides is 3. The van der Waals surface area contributed by atoms with E-state index < -0.39 is 23.2 Å². The predicted molar refractivity (Wildman–Crippen MR) is 131 cm³/mol. The van der Waals surface area contributed by atoms with E-state index in [0.717, 1.165) is 26.0 Å². The smallest absolute Gasteiger partial charge is 0.265 e. The molecular formula is C24H14ClF3N8O2. The number of hydrogen-bond acceptors (Lipinski definition) is 6. The molecule has 0 aliphatic heterocycles. The van der Waals surface area contributed by atoms with Gasteiger partial charge in [-0.05, 0) is 47.0 Å². The molecule has 0 radical (unpaired) electrons. The van der Waals surface area contributed by atoms with E-state index in [-0.39, 0.29) is 17.8 Å². The van der Waals surface area contributed by atoms with Crippen molar-refractivity contribution in [2.45, 2.75) is 12.7 Å². The summed E-state index contributed by atoms with van der Waals surface area (Å²) in [7, 11) is 0. The number of fused-ring (bicyclic) bond motifs is 3. The van der Waals surface area contributed by atoms with E-state index in [4.69, 9.17) is 11.6 Å². The first-order valence-electron chi connectivity index (χ1n) is 11.0. The third-order valence-electron chi connectivity index (χ3n) is 5.92. The van der Waals surface area contributed by atoms with E-state index >= 15 is 0 Å². The number of aromatic amines is 1. The van der Waals surface area contributed by atoms with Crippen LogP contribution in [-0.2, 0) is 12.7 Å². The van der Waals surface area contributed by atoms with Crippen LogP contribution in [0.3, 0.4) is 0 Å². The van der Waals surface area contributed by atoms with E-state index in [9.17, 15) is 22.8 Å². The molecule has 1 N–H and O–H groups in total. The van der Waals surface area contributed by atoms with Gasteiger partial charge in [0.15, 0.2) is 11.3 Å². The van der Waals surface area contributed by atoms with Crippen molar-refractivity contribution in [2.24, 2.45) is 0 Å². The van der Waals surface area contributed by atoms with E-state index in [2.05, 4.69) is 25.3 Å². The zero-order valence-electron chi connectivity index (χ0n) is 19.0. The molecule has 0 spiro atoms. The number of hydrogen-bond donors (Lipinski definition) is 1. The minimum Gasteiger partial charge on any atom is -0.265 e. The van der Waals surface area contributed by atoms with Crippen LogP contribution in [0.25, 0.3) is 33.5 Å². The highest BCUT2D eigenvalue weighted by molar-refractivity contribution is 6.30. The average molecular weight is 539 g/mol. The fraction of sp³-hybridized carbons (Fsp3) is 0.0833. The highest BCUT2D eigenvalue weighted by atomic mass is 35.5. The van der Waals surface area contributed by atoms with Gasteiger partial charge in [0.25, 0.3) is 0 Å². The number of halogens is 4. The fourth-order valence-corrected chi connectivity index (χ4v) is 4.37. The van der Waals surface area contributed by atoms with Gasteiger partial charge in [-0.15, -0.1) is 5.10 Å². The summed E-state index contributed by atoms with van der Waals surface area (Å²) >= 11 is 6.10. The highest BCUT2D eigenvalue weighted by Crippen LogP contribution is 2.37. The zero-order valence-corrected chi connectivity index (χ0v) is 19.8. The minimum atomic E-state index is -4.59. The molecule has 5 heterocycles. The minimum absolute atomic E-state index is 0.127. The van der Waals surface area contributed by atoms with Crippen molar-refractivity contribution in [3.63, 3.8) is 0 Å². The van der Waals surface area contributed by atoms with Crippen LogP contribution in [0.1, 0.15) is 11.3 Å². The monoisotopic (exact) mass is 538 g/mol. The predicted octanol–water partition coefficient (Wildman–Crippen LogP) is 3.68. The second-order valence-corrected chi connectivity index (χ2v) is 8.72. The molecule has 0 aliphatic carbocycles. The number of nitrogens with one attached hydrogen (secondary N) is 1. The molecule has 0 atom stereocenters. The van der Waals surface area contributed by atoms with E-state index in [1.807, 2.05) is 0 Å². The molecule has 0 saturated heterocycles. The molecule has 0 saturated carbocycles. The van der Waals surface area contributed by atoms with Crippen LogP contribution in [0.5, 0.6) is 0 Å². The molecule has 0 amide bonds. The van der Waals surface area contributed by atoms with Crippen molar-refractivity contribution in [1.82, 2.24) is 39.0 Å². The molecule has 5 aromatic heterocycles. The quantitative estimate of drug-likeness (QED) is 0.366. The standard InChI is InChI=1S/C24H14ClF3N8O2/c25-16-4-2-14(3-5-16)18-19(15-7-9-29-10-8-15)21-33-34(12-13-1-6-17(30-11-13)24(26,27)28)23(38)36(21)35-20(18)31-32-22(35)37/h1-11H,12H2,(H,32,37). The van der Waals surface area contributed by atoms with Crippen molar-refractivity contribution in [3.05, 3.63) is 104 Å². The van der Waals surface area contributed by atoms with Crippen LogP contribution >= 0.6 is 11.6 Å². The van der Waals surface area contributed by atoms with Crippen molar-refractivity contribution >= 4 is 22.9 Å². The Balaban J connectivity index is 1.65. The van der Waals surface area contributed by atoms with Gasteiger partial charge in [0.05, 0.1) is 6.54 Å². The first-order valence-corrected chi connectivity index (χ1v) is 11.4. The molecule has 14 heteroatoms. The maximum Gasteiger partial charge on any atom is 0.433 e. The molecule has 0 fully saturated rings. The fourth-order valence-electron chi connectivity index (χ4n) is 4.24. The number of benzene rings is 1. The Hall–Kier alpha value is -4.78. The van der Waals surface area contributed by atoms with Crippen LogP contribution in [0.2, 0.25) is 5.02 Å². The summed E-state index contributed by atoms with van der Waals surface area (Å²) in [5.74, 6) is 0. The first kappa shape index (κ1) is 23.6. The van der Waals surface area contributed by atoms with Gasteiger partial charge < -0.3 is 0 Å². The Bertz CT molecular complexity index is 1920.